The molecule has 1 N–H and O–H groups in total. The zero-order valence-corrected chi connectivity index (χ0v) is 13.4. The molecule has 0 saturated carbocycles. The van der Waals surface area contributed by atoms with Gasteiger partial charge in [0.05, 0.1) is 22.0 Å². The molecule has 6 nitrogen and oxygen atoms in total. The molecule has 0 radical (unpaired) electrons. The summed E-state index contributed by atoms with van der Waals surface area (Å²) in [6.45, 7) is 0. The first-order valence-corrected chi connectivity index (χ1v) is 7.78. The Labute approximate surface area is 147 Å². The number of ketones is 1. The number of carbonyl (C=O) groups is 1. The smallest absolute Gasteiger partial charge is 0.265 e. The number of aromatic hydroxyl groups is 1. The minimum Gasteiger partial charge on any atom is -0.507 e. The Morgan fingerprint density at radius 1 is 1.12 bits per heavy atom. The fourth-order valence-electron chi connectivity index (χ4n) is 2.88. The Balaban J connectivity index is 2.04. The lowest BCUT2D eigenvalue weighted by molar-refractivity contribution is 0.103. The third-order valence-electron chi connectivity index (χ3n) is 4.15. The molecule has 0 aliphatic rings. The number of benzene rings is 2. The van der Waals surface area contributed by atoms with Gasteiger partial charge in [-0.25, -0.2) is 4.98 Å². The van der Waals surface area contributed by atoms with Crippen molar-refractivity contribution in [1.82, 2.24) is 9.38 Å². The summed E-state index contributed by atoms with van der Waals surface area (Å²) in [5, 5.41) is 19.8. The van der Waals surface area contributed by atoms with E-state index in [1.807, 2.05) is 6.07 Å². The highest BCUT2D eigenvalue weighted by atomic mass is 16.3. The highest BCUT2D eigenvalue weighted by Crippen LogP contribution is 2.21. The van der Waals surface area contributed by atoms with E-state index in [1.54, 1.807) is 36.4 Å². The van der Waals surface area contributed by atoms with E-state index in [2.05, 4.69) is 4.98 Å². The normalized spacial score (nSPS) is 10.7. The van der Waals surface area contributed by atoms with Gasteiger partial charge in [-0.05, 0) is 30.3 Å². The van der Waals surface area contributed by atoms with Crippen LogP contribution in [0, 0.1) is 11.3 Å². The van der Waals surface area contributed by atoms with Crippen LogP contribution in [0.25, 0.3) is 16.6 Å². The van der Waals surface area contributed by atoms with Gasteiger partial charge in [0, 0.05) is 11.8 Å². The van der Waals surface area contributed by atoms with E-state index in [0.29, 0.717) is 10.9 Å². The minimum atomic E-state index is -0.485. The molecule has 6 heteroatoms. The number of hydrogen-bond donors (Lipinski definition) is 1. The van der Waals surface area contributed by atoms with E-state index in [4.69, 9.17) is 0 Å². The van der Waals surface area contributed by atoms with Gasteiger partial charge in [0.25, 0.3) is 5.56 Å². The quantitative estimate of drug-likeness (QED) is 0.447. The summed E-state index contributed by atoms with van der Waals surface area (Å²) in [5.41, 5.74) is 0.620. The fraction of sp³-hybridized carbons (Fsp3) is 0. The molecule has 26 heavy (non-hydrogen) atoms. The van der Waals surface area contributed by atoms with Crippen LogP contribution in [-0.4, -0.2) is 20.3 Å². The lowest BCUT2D eigenvalue weighted by Crippen LogP contribution is -2.18. The van der Waals surface area contributed by atoms with E-state index in [0.717, 1.165) is 0 Å². The summed E-state index contributed by atoms with van der Waals surface area (Å²) in [6, 6.07) is 16.3. The number of nitrogens with zero attached hydrogens (tertiary/aromatic N) is 3. The van der Waals surface area contributed by atoms with Crippen molar-refractivity contribution in [1.29, 1.82) is 5.26 Å². The van der Waals surface area contributed by atoms with Crippen molar-refractivity contribution in [2.45, 2.75) is 0 Å². The van der Waals surface area contributed by atoms with Crippen molar-refractivity contribution in [3.8, 4) is 11.8 Å². The molecule has 0 aliphatic carbocycles. The zero-order valence-electron chi connectivity index (χ0n) is 13.4. The first-order valence-electron chi connectivity index (χ1n) is 7.78. The topological polar surface area (TPSA) is 95.5 Å². The van der Waals surface area contributed by atoms with Gasteiger partial charge in [-0.15, -0.1) is 0 Å². The standard InChI is InChI=1S/C20H11N3O3/c21-10-12-9-13(18(25)15-6-2-4-8-17(15)24)11-23-19(12)22-16-7-3-1-5-14(16)20(23)26/h1-9,11,24H. The Kier molecular flexibility index (Phi) is 3.48. The number of phenols is 1. The number of rotatable bonds is 2. The summed E-state index contributed by atoms with van der Waals surface area (Å²) in [4.78, 5) is 29.9. The van der Waals surface area contributed by atoms with Crippen molar-refractivity contribution in [2.24, 2.45) is 0 Å². The van der Waals surface area contributed by atoms with Gasteiger partial charge in [0.2, 0.25) is 0 Å². The fourth-order valence-corrected chi connectivity index (χ4v) is 2.88. The monoisotopic (exact) mass is 341 g/mol. The van der Waals surface area contributed by atoms with Crippen molar-refractivity contribution in [3.63, 3.8) is 0 Å². The number of fused-ring (bicyclic) bond motifs is 2. The van der Waals surface area contributed by atoms with E-state index >= 15 is 0 Å². The molecule has 0 unspecified atom stereocenters. The molecule has 0 aliphatic heterocycles. The number of para-hydroxylation sites is 2. The Morgan fingerprint density at radius 2 is 1.85 bits per heavy atom. The van der Waals surface area contributed by atoms with Crippen LogP contribution in [-0.2, 0) is 0 Å². The molecule has 0 amide bonds. The first kappa shape index (κ1) is 15.5. The first-order chi connectivity index (χ1) is 12.6. The lowest BCUT2D eigenvalue weighted by atomic mass is 10.0. The summed E-state index contributed by atoms with van der Waals surface area (Å²) in [5.74, 6) is -0.651. The number of nitriles is 1. The van der Waals surface area contributed by atoms with Gasteiger partial charge in [-0.3, -0.25) is 14.0 Å². The Hall–Kier alpha value is -3.98. The van der Waals surface area contributed by atoms with Crippen LogP contribution in [0.5, 0.6) is 5.75 Å². The molecule has 0 spiro atoms. The molecular weight excluding hydrogens is 330 g/mol. The number of hydrogen-bond acceptors (Lipinski definition) is 5. The number of pyridine rings is 1. The van der Waals surface area contributed by atoms with Gasteiger partial charge in [-0.1, -0.05) is 24.3 Å². The second-order valence-corrected chi connectivity index (χ2v) is 5.73. The maximum absolute atomic E-state index is 12.8. The van der Waals surface area contributed by atoms with Crippen LogP contribution in [0.15, 0.2) is 65.6 Å². The molecular formula is C20H11N3O3. The summed E-state index contributed by atoms with van der Waals surface area (Å²) < 4.78 is 1.20. The van der Waals surface area contributed by atoms with E-state index in [-0.39, 0.29) is 33.6 Å². The molecule has 4 aromatic rings. The highest BCUT2D eigenvalue weighted by Gasteiger charge is 2.17. The van der Waals surface area contributed by atoms with Gasteiger partial charge in [-0.2, -0.15) is 5.26 Å². The molecule has 0 bridgehead atoms. The van der Waals surface area contributed by atoms with Crippen molar-refractivity contribution < 1.29 is 9.90 Å². The highest BCUT2D eigenvalue weighted by molar-refractivity contribution is 6.10. The second kappa shape index (κ2) is 5.83. The number of phenolic OH excluding ortho intramolecular Hbond substituents is 1. The van der Waals surface area contributed by atoms with Gasteiger partial charge < -0.3 is 5.11 Å². The Morgan fingerprint density at radius 3 is 2.62 bits per heavy atom. The lowest BCUT2D eigenvalue weighted by Gasteiger charge is -2.08. The van der Waals surface area contributed by atoms with Crippen LogP contribution >= 0.6 is 0 Å². The average molecular weight is 341 g/mol. The second-order valence-electron chi connectivity index (χ2n) is 5.73. The molecule has 4 rings (SSSR count). The summed E-state index contributed by atoms with van der Waals surface area (Å²) in [6.07, 6.45) is 1.35. The minimum absolute atomic E-state index is 0.0949. The number of carbonyl (C=O) groups excluding carboxylic acids is 1. The van der Waals surface area contributed by atoms with E-state index < -0.39 is 5.78 Å². The van der Waals surface area contributed by atoms with Gasteiger partial charge in [0.1, 0.15) is 11.8 Å². The molecule has 2 aromatic carbocycles. The number of aromatic nitrogens is 2. The van der Waals surface area contributed by atoms with Gasteiger partial charge in [0.15, 0.2) is 11.4 Å². The molecule has 2 heterocycles. The molecule has 0 saturated heterocycles. The van der Waals surface area contributed by atoms with Crippen molar-refractivity contribution in [2.75, 3.05) is 0 Å². The van der Waals surface area contributed by atoms with Crippen LogP contribution in [0.1, 0.15) is 21.5 Å². The summed E-state index contributed by atoms with van der Waals surface area (Å²) in [7, 11) is 0. The van der Waals surface area contributed by atoms with E-state index in [1.165, 1.54) is 28.8 Å². The maximum atomic E-state index is 12.8. The molecule has 0 fully saturated rings. The third-order valence-corrected chi connectivity index (χ3v) is 4.15. The average Bonchev–Trinajstić information content (AvgIpc) is 2.67. The molecule has 2 aromatic heterocycles. The molecule has 0 atom stereocenters. The maximum Gasteiger partial charge on any atom is 0.265 e. The van der Waals surface area contributed by atoms with Crippen molar-refractivity contribution >= 4 is 22.3 Å². The zero-order chi connectivity index (χ0) is 18.3. The van der Waals surface area contributed by atoms with E-state index in [9.17, 15) is 20.0 Å². The summed E-state index contributed by atoms with van der Waals surface area (Å²) >= 11 is 0. The van der Waals surface area contributed by atoms with Crippen molar-refractivity contribution in [3.05, 3.63) is 87.8 Å². The predicted molar refractivity (Wildman–Crippen MR) is 95.2 cm³/mol. The van der Waals surface area contributed by atoms with Crippen LogP contribution < -0.4 is 5.56 Å². The predicted octanol–water partition coefficient (Wildman–Crippen LogP) is 2.66. The largest absolute Gasteiger partial charge is 0.507 e. The van der Waals surface area contributed by atoms with Gasteiger partial charge >= 0.3 is 0 Å². The molecule has 124 valence electrons. The third kappa shape index (κ3) is 2.31. The van der Waals surface area contributed by atoms with Crippen LogP contribution in [0.3, 0.4) is 0 Å². The van der Waals surface area contributed by atoms with Crippen LogP contribution in [0.4, 0.5) is 0 Å². The van der Waals surface area contributed by atoms with Crippen LogP contribution in [0.2, 0.25) is 0 Å². The Bertz CT molecular complexity index is 1300. The SMILES string of the molecule is N#Cc1cc(C(=O)c2ccccc2O)cn2c(=O)c3ccccc3nc12.